The molecule has 1 atom stereocenters. The Bertz CT molecular complexity index is 1470. The minimum Gasteiger partial charge on any atom is -0.355 e. The summed E-state index contributed by atoms with van der Waals surface area (Å²) >= 11 is 24.8. The number of amides is 2. The molecule has 208 valence electrons. The molecule has 7 nitrogen and oxygen atoms in total. The number of halogens is 4. The van der Waals surface area contributed by atoms with Crippen molar-refractivity contribution in [1.29, 1.82) is 0 Å². The summed E-state index contributed by atoms with van der Waals surface area (Å²) in [6.45, 7) is 4.81. The van der Waals surface area contributed by atoms with E-state index in [2.05, 4.69) is 5.32 Å². The molecule has 39 heavy (non-hydrogen) atoms. The summed E-state index contributed by atoms with van der Waals surface area (Å²) in [7, 11) is -4.28. The maximum atomic E-state index is 13.9. The van der Waals surface area contributed by atoms with Crippen molar-refractivity contribution in [3.8, 4) is 0 Å². The van der Waals surface area contributed by atoms with E-state index in [1.807, 2.05) is 6.92 Å². The number of hydrogen-bond acceptors (Lipinski definition) is 4. The summed E-state index contributed by atoms with van der Waals surface area (Å²) in [5.74, 6) is -1.05. The lowest BCUT2D eigenvalue weighted by atomic mass is 10.1. The van der Waals surface area contributed by atoms with Crippen molar-refractivity contribution < 1.29 is 18.0 Å². The van der Waals surface area contributed by atoms with Gasteiger partial charge in [-0.25, -0.2) is 8.42 Å². The Kier molecular flexibility index (Phi) is 10.5. The molecular weight excluding hydrogens is 604 g/mol. The summed E-state index contributed by atoms with van der Waals surface area (Å²) in [6.07, 6.45) is 0. The molecule has 0 aliphatic carbocycles. The lowest BCUT2D eigenvalue weighted by Crippen LogP contribution is -2.51. The molecule has 3 rings (SSSR count). The van der Waals surface area contributed by atoms with Crippen LogP contribution in [0.1, 0.15) is 25.0 Å². The van der Waals surface area contributed by atoms with Gasteiger partial charge in [0.1, 0.15) is 12.6 Å². The molecule has 0 spiro atoms. The van der Waals surface area contributed by atoms with E-state index in [0.29, 0.717) is 17.1 Å². The first-order valence-electron chi connectivity index (χ1n) is 11.9. The lowest BCUT2D eigenvalue weighted by molar-refractivity contribution is -0.139. The number of nitrogens with zero attached hydrogens (tertiary/aromatic N) is 2. The average molecular weight is 631 g/mol. The van der Waals surface area contributed by atoms with Crippen LogP contribution in [-0.4, -0.2) is 44.3 Å². The van der Waals surface area contributed by atoms with Crippen LogP contribution in [0.25, 0.3) is 0 Å². The summed E-state index contributed by atoms with van der Waals surface area (Å²) in [6, 6.07) is 14.4. The monoisotopic (exact) mass is 629 g/mol. The van der Waals surface area contributed by atoms with Gasteiger partial charge in [0.2, 0.25) is 11.8 Å². The number of nitrogens with one attached hydrogen (secondary N) is 1. The largest absolute Gasteiger partial charge is 0.355 e. The zero-order valence-corrected chi connectivity index (χ0v) is 25.3. The summed E-state index contributed by atoms with van der Waals surface area (Å²) in [5.41, 5.74) is 1.49. The van der Waals surface area contributed by atoms with Crippen molar-refractivity contribution in [1.82, 2.24) is 10.2 Å². The van der Waals surface area contributed by atoms with Crippen LogP contribution in [0.3, 0.4) is 0 Å². The number of hydrogen-bond donors (Lipinski definition) is 1. The predicted octanol–water partition coefficient (Wildman–Crippen LogP) is 6.36. The third-order valence-electron chi connectivity index (χ3n) is 5.92. The first kappa shape index (κ1) is 31.0. The highest BCUT2D eigenvalue weighted by Gasteiger charge is 2.33. The molecule has 0 aliphatic heterocycles. The topological polar surface area (TPSA) is 86.8 Å². The number of carbonyl (C=O) groups excluding carboxylic acids is 2. The summed E-state index contributed by atoms with van der Waals surface area (Å²) in [5, 5.41) is 3.62. The number of anilines is 1. The van der Waals surface area contributed by atoms with Crippen LogP contribution in [0.5, 0.6) is 0 Å². The van der Waals surface area contributed by atoms with Gasteiger partial charge in [-0.2, -0.15) is 0 Å². The highest BCUT2D eigenvalue weighted by molar-refractivity contribution is 7.92. The van der Waals surface area contributed by atoms with Gasteiger partial charge < -0.3 is 10.2 Å². The number of sulfonamides is 1. The van der Waals surface area contributed by atoms with E-state index in [4.69, 9.17) is 46.4 Å². The van der Waals surface area contributed by atoms with Crippen LogP contribution < -0.4 is 9.62 Å². The van der Waals surface area contributed by atoms with E-state index in [1.54, 1.807) is 44.2 Å². The maximum absolute atomic E-state index is 13.9. The van der Waals surface area contributed by atoms with Gasteiger partial charge in [0, 0.05) is 18.1 Å². The van der Waals surface area contributed by atoms with Crippen molar-refractivity contribution >= 4 is 73.9 Å². The molecule has 0 saturated carbocycles. The molecule has 1 unspecified atom stereocenters. The fourth-order valence-corrected chi connectivity index (χ4v) is 5.95. The third kappa shape index (κ3) is 7.58. The second-order valence-corrected chi connectivity index (χ2v) is 12.3. The van der Waals surface area contributed by atoms with E-state index in [9.17, 15) is 18.0 Å². The van der Waals surface area contributed by atoms with Crippen molar-refractivity contribution in [3.63, 3.8) is 0 Å². The molecule has 0 aromatic heterocycles. The molecule has 0 radical (unpaired) electrons. The number of aryl methyl sites for hydroxylation is 1. The number of carbonyl (C=O) groups is 2. The van der Waals surface area contributed by atoms with Gasteiger partial charge in [-0.15, -0.1) is 0 Å². The summed E-state index contributed by atoms with van der Waals surface area (Å²) < 4.78 is 28.6. The van der Waals surface area contributed by atoms with Crippen LogP contribution >= 0.6 is 46.4 Å². The molecule has 0 saturated heterocycles. The van der Waals surface area contributed by atoms with Crippen molar-refractivity contribution in [3.05, 3.63) is 91.9 Å². The van der Waals surface area contributed by atoms with Gasteiger partial charge >= 0.3 is 0 Å². The van der Waals surface area contributed by atoms with Gasteiger partial charge in [-0.1, -0.05) is 70.2 Å². The molecule has 0 bridgehead atoms. The van der Waals surface area contributed by atoms with Gasteiger partial charge in [-0.3, -0.25) is 13.9 Å². The van der Waals surface area contributed by atoms with Crippen LogP contribution in [0, 0.1) is 6.92 Å². The smallest absolute Gasteiger partial charge is 0.264 e. The van der Waals surface area contributed by atoms with Crippen molar-refractivity contribution in [2.45, 2.75) is 38.3 Å². The molecule has 3 aromatic rings. The maximum Gasteiger partial charge on any atom is 0.264 e. The van der Waals surface area contributed by atoms with Crippen LogP contribution in [0.4, 0.5) is 5.69 Å². The zero-order chi connectivity index (χ0) is 28.9. The van der Waals surface area contributed by atoms with E-state index in [1.165, 1.54) is 35.2 Å². The quantitative estimate of drug-likeness (QED) is 0.283. The predicted molar refractivity (Wildman–Crippen MR) is 157 cm³/mol. The molecule has 0 fully saturated rings. The average Bonchev–Trinajstić information content (AvgIpc) is 2.89. The molecule has 0 heterocycles. The third-order valence-corrected chi connectivity index (χ3v) is 8.99. The Balaban J connectivity index is 2.08. The minimum absolute atomic E-state index is 0.0261. The first-order chi connectivity index (χ1) is 18.3. The van der Waals surface area contributed by atoms with E-state index < -0.39 is 34.4 Å². The summed E-state index contributed by atoms with van der Waals surface area (Å²) in [4.78, 5) is 27.9. The van der Waals surface area contributed by atoms with E-state index >= 15 is 0 Å². The fraction of sp³-hybridized carbons (Fsp3) is 0.259. The Morgan fingerprint density at radius 2 is 1.54 bits per heavy atom. The van der Waals surface area contributed by atoms with Gasteiger partial charge in [0.05, 0.1) is 25.7 Å². The van der Waals surface area contributed by atoms with Crippen LogP contribution in [-0.2, 0) is 26.2 Å². The standard InChI is InChI=1S/C27H27Cl4N3O4S/c1-4-32-27(36)18(3)33(15-19-7-11-22(29)24(31)13-19)26(35)16-34(25-14-20(28)8-12-23(25)30)39(37,38)21-9-5-17(2)6-10-21/h5-14,18H,4,15-16H2,1-3H3,(H,32,36). The van der Waals surface area contributed by atoms with E-state index in [0.717, 1.165) is 9.87 Å². The lowest BCUT2D eigenvalue weighted by Gasteiger charge is -2.32. The number of likely N-dealkylation sites (N-methyl/N-ethyl adjacent to an activating group) is 1. The second-order valence-electron chi connectivity index (χ2n) is 8.76. The zero-order valence-electron chi connectivity index (χ0n) is 21.4. The molecular formula is C27H27Cl4N3O4S. The molecule has 0 aliphatic rings. The molecule has 3 aromatic carbocycles. The Morgan fingerprint density at radius 1 is 0.897 bits per heavy atom. The Morgan fingerprint density at radius 3 is 2.15 bits per heavy atom. The molecule has 2 amide bonds. The fourth-order valence-electron chi connectivity index (χ4n) is 3.77. The van der Waals surface area contributed by atoms with Crippen molar-refractivity contribution in [2.75, 3.05) is 17.4 Å². The molecule has 1 N–H and O–H groups in total. The normalized spacial score (nSPS) is 12.1. The van der Waals surface area contributed by atoms with Gasteiger partial charge in [-0.05, 0) is 68.8 Å². The second kappa shape index (κ2) is 13.2. The first-order valence-corrected chi connectivity index (χ1v) is 14.9. The molecule has 12 heteroatoms. The Hall–Kier alpha value is -2.49. The SMILES string of the molecule is CCNC(=O)C(C)N(Cc1ccc(Cl)c(Cl)c1)C(=O)CN(c1cc(Cl)ccc1Cl)S(=O)(=O)c1ccc(C)cc1. The van der Waals surface area contributed by atoms with Crippen LogP contribution in [0.15, 0.2) is 65.6 Å². The van der Waals surface area contributed by atoms with Crippen molar-refractivity contribution in [2.24, 2.45) is 0 Å². The minimum atomic E-state index is -4.28. The number of rotatable bonds is 10. The van der Waals surface area contributed by atoms with E-state index in [-0.39, 0.29) is 32.2 Å². The van der Waals surface area contributed by atoms with Gasteiger partial charge in [0.25, 0.3) is 10.0 Å². The highest BCUT2D eigenvalue weighted by atomic mass is 35.5. The highest BCUT2D eigenvalue weighted by Crippen LogP contribution is 2.33. The Labute approximate surface area is 248 Å². The van der Waals surface area contributed by atoms with Crippen LogP contribution in [0.2, 0.25) is 20.1 Å². The van der Waals surface area contributed by atoms with Gasteiger partial charge in [0.15, 0.2) is 0 Å². The number of benzene rings is 3.